The summed E-state index contributed by atoms with van der Waals surface area (Å²) in [6.45, 7) is 1.63. The molecule has 1 atom stereocenters. The summed E-state index contributed by atoms with van der Waals surface area (Å²) in [6, 6.07) is 14.5. The molecule has 0 fully saturated rings. The Morgan fingerprint density at radius 2 is 2.06 bits per heavy atom. The lowest BCUT2D eigenvalue weighted by atomic mass is 9.86. The maximum atomic E-state index is 12.7. The van der Waals surface area contributed by atoms with E-state index in [1.54, 1.807) is 36.5 Å². The number of benzene rings is 2. The van der Waals surface area contributed by atoms with Crippen molar-refractivity contribution in [3.8, 4) is 23.0 Å². The molecule has 0 saturated heterocycles. The van der Waals surface area contributed by atoms with Crippen molar-refractivity contribution in [2.45, 2.75) is 19.3 Å². The third kappa shape index (κ3) is 4.56. The van der Waals surface area contributed by atoms with Gasteiger partial charge in [-0.2, -0.15) is 14.9 Å². The van der Waals surface area contributed by atoms with Crippen LogP contribution in [-0.2, 0) is 9.59 Å². The van der Waals surface area contributed by atoms with Gasteiger partial charge in [0.05, 0.1) is 17.6 Å². The average molecular weight is 490 g/mol. The van der Waals surface area contributed by atoms with Crippen molar-refractivity contribution in [1.82, 2.24) is 25.0 Å². The molecular formula is C24H20ClN7O3. The van der Waals surface area contributed by atoms with Gasteiger partial charge in [-0.25, -0.2) is 4.98 Å². The molecule has 3 N–H and O–H groups in total. The summed E-state index contributed by atoms with van der Waals surface area (Å²) in [6.07, 6.45) is 1.78. The Bertz CT molecular complexity index is 1440. The van der Waals surface area contributed by atoms with Gasteiger partial charge in [-0.05, 0) is 36.8 Å². The zero-order valence-corrected chi connectivity index (χ0v) is 19.4. The molecular weight excluding hydrogens is 470 g/mol. The molecule has 0 radical (unpaired) electrons. The van der Waals surface area contributed by atoms with Gasteiger partial charge in [-0.15, -0.1) is 5.10 Å². The zero-order valence-electron chi connectivity index (χ0n) is 18.6. The third-order valence-electron chi connectivity index (χ3n) is 5.62. The molecule has 5 rings (SSSR count). The Morgan fingerprint density at radius 3 is 2.83 bits per heavy atom. The van der Waals surface area contributed by atoms with Gasteiger partial charge in [0.15, 0.2) is 6.61 Å². The molecule has 35 heavy (non-hydrogen) atoms. The first-order valence-corrected chi connectivity index (χ1v) is 11.1. The summed E-state index contributed by atoms with van der Waals surface area (Å²) in [7, 11) is 0. The fourth-order valence-corrected chi connectivity index (χ4v) is 4.22. The largest absolute Gasteiger partial charge is 0.484 e. The molecule has 0 spiro atoms. The number of hydrogen-bond donors (Lipinski definition) is 2. The Kier molecular flexibility index (Phi) is 5.87. The lowest BCUT2D eigenvalue weighted by Gasteiger charge is -2.24. The van der Waals surface area contributed by atoms with Crippen LogP contribution in [0.25, 0.3) is 17.2 Å². The molecule has 1 aliphatic rings. The number of nitrogens with two attached hydrogens (primary N) is 1. The highest BCUT2D eigenvalue weighted by molar-refractivity contribution is 6.30. The summed E-state index contributed by atoms with van der Waals surface area (Å²) in [4.78, 5) is 28.4. The van der Waals surface area contributed by atoms with E-state index < -0.39 is 5.91 Å². The van der Waals surface area contributed by atoms with E-state index >= 15 is 0 Å². The summed E-state index contributed by atoms with van der Waals surface area (Å²) in [5.74, 6) is 0.179. The number of aryl methyl sites for hydroxylation is 1. The van der Waals surface area contributed by atoms with E-state index in [4.69, 9.17) is 22.1 Å². The number of anilines is 1. The van der Waals surface area contributed by atoms with E-state index in [2.05, 4.69) is 25.6 Å². The number of ether oxygens (including phenoxy) is 1. The van der Waals surface area contributed by atoms with E-state index in [1.165, 1.54) is 4.68 Å². The van der Waals surface area contributed by atoms with E-state index in [0.717, 1.165) is 16.7 Å². The van der Waals surface area contributed by atoms with E-state index in [0.29, 0.717) is 28.0 Å². The summed E-state index contributed by atoms with van der Waals surface area (Å²) in [5, 5.41) is 16.4. The molecule has 0 unspecified atom stereocenters. The number of fused-ring (bicyclic) bond motifs is 1. The normalized spacial score (nSPS) is 14.8. The highest BCUT2D eigenvalue weighted by Crippen LogP contribution is 2.40. The van der Waals surface area contributed by atoms with Crippen LogP contribution in [0.5, 0.6) is 5.75 Å². The quantitative estimate of drug-likeness (QED) is 0.424. The van der Waals surface area contributed by atoms with Crippen LogP contribution in [-0.4, -0.2) is 43.4 Å². The van der Waals surface area contributed by atoms with Gasteiger partial charge in [0.25, 0.3) is 11.9 Å². The van der Waals surface area contributed by atoms with Gasteiger partial charge >= 0.3 is 0 Å². The van der Waals surface area contributed by atoms with Crippen LogP contribution in [0.3, 0.4) is 0 Å². The maximum Gasteiger partial charge on any atom is 0.272 e. The fourth-order valence-electron chi connectivity index (χ4n) is 4.10. The van der Waals surface area contributed by atoms with E-state index in [9.17, 15) is 9.59 Å². The zero-order chi connectivity index (χ0) is 24.5. The first-order chi connectivity index (χ1) is 16.9. The van der Waals surface area contributed by atoms with Crippen molar-refractivity contribution in [1.29, 1.82) is 0 Å². The molecule has 0 bridgehead atoms. The molecule has 2 aromatic carbocycles. The monoisotopic (exact) mass is 489 g/mol. The predicted molar refractivity (Wildman–Crippen MR) is 128 cm³/mol. The molecule has 176 valence electrons. The van der Waals surface area contributed by atoms with Crippen molar-refractivity contribution in [3.63, 3.8) is 0 Å². The lowest BCUT2D eigenvalue weighted by Crippen LogP contribution is -2.25. The number of nitrogens with zero attached hydrogens (tertiary/aromatic N) is 5. The van der Waals surface area contributed by atoms with Crippen LogP contribution in [0, 0.1) is 6.92 Å². The Labute approximate surface area is 205 Å². The van der Waals surface area contributed by atoms with E-state index in [1.807, 2.05) is 25.1 Å². The smallest absolute Gasteiger partial charge is 0.272 e. The van der Waals surface area contributed by atoms with Gasteiger partial charge in [0.2, 0.25) is 5.91 Å². The lowest BCUT2D eigenvalue weighted by molar-refractivity contribution is -0.120. The van der Waals surface area contributed by atoms with Crippen LogP contribution in [0.4, 0.5) is 5.82 Å². The maximum absolute atomic E-state index is 12.7. The van der Waals surface area contributed by atoms with Gasteiger partial charge in [-0.3, -0.25) is 9.59 Å². The van der Waals surface area contributed by atoms with Crippen molar-refractivity contribution < 1.29 is 14.3 Å². The summed E-state index contributed by atoms with van der Waals surface area (Å²) >= 11 is 6.00. The number of hydrogen-bond acceptors (Lipinski definition) is 7. The minimum Gasteiger partial charge on any atom is -0.484 e. The van der Waals surface area contributed by atoms with Gasteiger partial charge in [-0.1, -0.05) is 35.9 Å². The Morgan fingerprint density at radius 1 is 1.26 bits per heavy atom. The fraction of sp³-hybridized carbons (Fsp3) is 0.167. The number of carbonyl (C=O) groups is 2. The Hall–Kier alpha value is -4.31. The number of halogens is 1. The third-order valence-corrected chi connectivity index (χ3v) is 5.87. The van der Waals surface area contributed by atoms with Crippen molar-refractivity contribution in [2.75, 3.05) is 11.9 Å². The molecule has 3 heterocycles. The number of aromatic nitrogens is 5. The molecule has 1 aliphatic heterocycles. The highest BCUT2D eigenvalue weighted by Gasteiger charge is 2.33. The number of rotatable bonds is 6. The number of primary amides is 1. The second-order valence-electron chi connectivity index (χ2n) is 8.04. The molecule has 2 amide bonds. The molecule has 0 aliphatic carbocycles. The van der Waals surface area contributed by atoms with Crippen molar-refractivity contribution in [3.05, 3.63) is 76.6 Å². The van der Waals surface area contributed by atoms with Crippen LogP contribution < -0.4 is 15.8 Å². The molecule has 0 saturated carbocycles. The molecule has 2 aromatic heterocycles. The van der Waals surface area contributed by atoms with Crippen LogP contribution in [0.1, 0.15) is 29.2 Å². The van der Waals surface area contributed by atoms with Crippen LogP contribution in [0.15, 0.2) is 54.7 Å². The first kappa shape index (κ1) is 22.5. The standard InChI is InChI=1S/C24H20ClN7O3/c1-13-22-18(15-3-2-4-17(9-15)35-12-20(26)33)10-21(34)29-23(22)32(31-13)24-28-19(11-27-30-24)14-5-7-16(25)8-6-14/h2-9,11,18H,10,12H2,1H3,(H2,26,33)(H,29,34)/t18-/m1/s1. The number of carbonyl (C=O) groups excluding carboxylic acids is 2. The highest BCUT2D eigenvalue weighted by atomic mass is 35.5. The molecule has 4 aromatic rings. The second kappa shape index (κ2) is 9.15. The molecule has 11 heteroatoms. The second-order valence-corrected chi connectivity index (χ2v) is 8.48. The van der Waals surface area contributed by atoms with Crippen molar-refractivity contribution in [2.24, 2.45) is 5.73 Å². The molecule has 10 nitrogen and oxygen atoms in total. The topological polar surface area (TPSA) is 138 Å². The summed E-state index contributed by atoms with van der Waals surface area (Å²) in [5.41, 5.74) is 9.00. The van der Waals surface area contributed by atoms with Crippen LogP contribution in [0.2, 0.25) is 5.02 Å². The van der Waals surface area contributed by atoms with E-state index in [-0.39, 0.29) is 30.8 Å². The number of amides is 2. The number of nitrogens with one attached hydrogen (secondary N) is 1. The SMILES string of the molecule is Cc1nn(-c2nncc(-c3ccc(Cl)cc3)n2)c2c1[C@@H](c1cccc(OCC(N)=O)c1)CC(=O)N2. The average Bonchev–Trinajstić information content (AvgIpc) is 3.19. The van der Waals surface area contributed by atoms with Gasteiger partial charge in [0.1, 0.15) is 11.6 Å². The van der Waals surface area contributed by atoms with Crippen LogP contribution >= 0.6 is 11.6 Å². The summed E-state index contributed by atoms with van der Waals surface area (Å²) < 4.78 is 6.94. The van der Waals surface area contributed by atoms with Gasteiger partial charge < -0.3 is 15.8 Å². The van der Waals surface area contributed by atoms with Gasteiger partial charge in [0, 0.05) is 28.5 Å². The predicted octanol–water partition coefficient (Wildman–Crippen LogP) is 3.02. The minimum absolute atomic E-state index is 0.172. The van der Waals surface area contributed by atoms with Crippen molar-refractivity contribution >= 4 is 29.2 Å². The first-order valence-electron chi connectivity index (χ1n) is 10.8. The minimum atomic E-state index is -0.568. The Balaban J connectivity index is 1.54.